The maximum Gasteiger partial charge on any atom is 0.0474 e. The first-order chi connectivity index (χ1) is 9.69. The molecule has 0 fully saturated rings. The molecule has 0 amide bonds. The summed E-state index contributed by atoms with van der Waals surface area (Å²) in [6.07, 6.45) is 10.3. The van der Waals surface area contributed by atoms with Gasteiger partial charge in [-0.25, -0.2) is 0 Å². The second kappa shape index (κ2) is 10.2. The van der Waals surface area contributed by atoms with Crippen LogP contribution in [0.15, 0.2) is 18.2 Å². The van der Waals surface area contributed by atoms with Crippen molar-refractivity contribution in [1.29, 1.82) is 0 Å². The molecule has 0 radical (unpaired) electrons. The molecule has 114 valence electrons. The van der Waals surface area contributed by atoms with Gasteiger partial charge in [0.15, 0.2) is 0 Å². The number of halogens is 1. The van der Waals surface area contributed by atoms with Gasteiger partial charge in [0, 0.05) is 11.1 Å². The summed E-state index contributed by atoms with van der Waals surface area (Å²) in [5.41, 5.74) is 5.21. The third-order valence-electron chi connectivity index (χ3n) is 3.83. The summed E-state index contributed by atoms with van der Waals surface area (Å²) in [6, 6.07) is 6.35. The van der Waals surface area contributed by atoms with Crippen LogP contribution in [-0.4, -0.2) is 0 Å². The van der Waals surface area contributed by atoms with E-state index in [1.54, 1.807) is 0 Å². The SMILES string of the molecule is CCCCCCCCCC(NN)c1ccc(C)cc1Cl. The molecule has 0 saturated heterocycles. The Labute approximate surface area is 129 Å². The topological polar surface area (TPSA) is 38.0 Å². The van der Waals surface area contributed by atoms with E-state index in [9.17, 15) is 0 Å². The number of hydrogen-bond acceptors (Lipinski definition) is 2. The summed E-state index contributed by atoms with van der Waals surface area (Å²) in [6.45, 7) is 4.31. The van der Waals surface area contributed by atoms with Crippen LogP contribution in [0.2, 0.25) is 5.02 Å². The van der Waals surface area contributed by atoms with Crippen molar-refractivity contribution in [3.05, 3.63) is 34.3 Å². The number of hydrogen-bond donors (Lipinski definition) is 2. The van der Waals surface area contributed by atoms with Gasteiger partial charge in [-0.3, -0.25) is 11.3 Å². The van der Waals surface area contributed by atoms with Crippen molar-refractivity contribution in [1.82, 2.24) is 5.43 Å². The Bertz CT molecular complexity index is 379. The van der Waals surface area contributed by atoms with Gasteiger partial charge in [0.2, 0.25) is 0 Å². The van der Waals surface area contributed by atoms with Crippen molar-refractivity contribution in [2.75, 3.05) is 0 Å². The van der Waals surface area contributed by atoms with Crippen molar-refractivity contribution in [3.63, 3.8) is 0 Å². The first kappa shape index (κ1) is 17.5. The highest BCUT2D eigenvalue weighted by Gasteiger charge is 2.12. The molecule has 1 aromatic carbocycles. The quantitative estimate of drug-likeness (QED) is 0.349. The molecule has 1 unspecified atom stereocenters. The number of aryl methyl sites for hydroxylation is 1. The lowest BCUT2D eigenvalue weighted by Gasteiger charge is -2.18. The van der Waals surface area contributed by atoms with E-state index in [1.165, 1.54) is 50.5 Å². The number of unbranched alkanes of at least 4 members (excludes halogenated alkanes) is 6. The van der Waals surface area contributed by atoms with Crippen molar-refractivity contribution < 1.29 is 0 Å². The van der Waals surface area contributed by atoms with Crippen LogP contribution in [-0.2, 0) is 0 Å². The molecule has 0 spiro atoms. The van der Waals surface area contributed by atoms with Crippen molar-refractivity contribution in [2.45, 2.75) is 71.3 Å². The average Bonchev–Trinajstić information content (AvgIpc) is 2.43. The van der Waals surface area contributed by atoms with Gasteiger partial charge < -0.3 is 0 Å². The van der Waals surface area contributed by atoms with Crippen molar-refractivity contribution in [3.8, 4) is 0 Å². The average molecular weight is 297 g/mol. The molecule has 0 aromatic heterocycles. The maximum absolute atomic E-state index is 6.30. The van der Waals surface area contributed by atoms with Gasteiger partial charge in [0.25, 0.3) is 0 Å². The van der Waals surface area contributed by atoms with Gasteiger partial charge in [0.05, 0.1) is 0 Å². The molecule has 0 saturated carbocycles. The fourth-order valence-electron chi connectivity index (χ4n) is 2.55. The van der Waals surface area contributed by atoms with Gasteiger partial charge >= 0.3 is 0 Å². The van der Waals surface area contributed by atoms with Gasteiger partial charge in [-0.1, -0.05) is 75.6 Å². The lowest BCUT2D eigenvalue weighted by molar-refractivity contribution is 0.476. The Hall–Kier alpha value is -0.570. The molecule has 1 aromatic rings. The van der Waals surface area contributed by atoms with Crippen LogP contribution in [0, 0.1) is 6.92 Å². The normalized spacial score (nSPS) is 12.6. The van der Waals surface area contributed by atoms with E-state index in [1.807, 2.05) is 6.07 Å². The van der Waals surface area contributed by atoms with E-state index in [0.717, 1.165) is 17.0 Å². The van der Waals surface area contributed by atoms with Gasteiger partial charge in [0.1, 0.15) is 0 Å². The summed E-state index contributed by atoms with van der Waals surface area (Å²) >= 11 is 6.30. The third kappa shape index (κ3) is 6.25. The standard InChI is InChI=1S/C17H29ClN2/c1-3-4-5-6-7-8-9-10-17(20-19)15-12-11-14(2)13-16(15)18/h11-13,17,20H,3-10,19H2,1-2H3. The zero-order valence-corrected chi connectivity index (χ0v) is 13.7. The van der Waals surface area contributed by atoms with Crippen molar-refractivity contribution in [2.24, 2.45) is 5.84 Å². The molecule has 0 heterocycles. The zero-order valence-electron chi connectivity index (χ0n) is 12.9. The molecule has 3 heteroatoms. The van der Waals surface area contributed by atoms with Crippen LogP contribution < -0.4 is 11.3 Å². The summed E-state index contributed by atoms with van der Waals surface area (Å²) in [7, 11) is 0. The molecule has 20 heavy (non-hydrogen) atoms. The Kier molecular flexibility index (Phi) is 8.92. The molecule has 0 aliphatic heterocycles. The number of nitrogens with two attached hydrogens (primary N) is 1. The fourth-order valence-corrected chi connectivity index (χ4v) is 2.92. The minimum Gasteiger partial charge on any atom is -0.271 e. The molecule has 3 N–H and O–H groups in total. The first-order valence-electron chi connectivity index (χ1n) is 7.91. The van der Waals surface area contributed by atoms with Crippen molar-refractivity contribution >= 4 is 11.6 Å². The lowest BCUT2D eigenvalue weighted by Crippen LogP contribution is -2.28. The van der Waals surface area contributed by atoms with E-state index in [2.05, 4.69) is 31.4 Å². The molecule has 1 rings (SSSR count). The predicted octanol–water partition coefficient (Wildman–Crippen LogP) is 5.29. The van der Waals surface area contributed by atoms with Crippen LogP contribution in [0.25, 0.3) is 0 Å². The summed E-state index contributed by atoms with van der Waals surface area (Å²) in [5.74, 6) is 5.68. The van der Waals surface area contributed by atoms with E-state index in [-0.39, 0.29) is 6.04 Å². The summed E-state index contributed by atoms with van der Waals surface area (Å²) in [5, 5.41) is 0.816. The van der Waals surface area contributed by atoms with E-state index >= 15 is 0 Å². The van der Waals surface area contributed by atoms with Gasteiger partial charge in [-0.15, -0.1) is 0 Å². The second-order valence-corrected chi connectivity index (χ2v) is 6.06. The fraction of sp³-hybridized carbons (Fsp3) is 0.647. The largest absolute Gasteiger partial charge is 0.271 e. The first-order valence-corrected chi connectivity index (χ1v) is 8.29. The number of benzene rings is 1. The number of rotatable bonds is 10. The Morgan fingerprint density at radius 1 is 1.10 bits per heavy atom. The Morgan fingerprint density at radius 2 is 1.75 bits per heavy atom. The van der Waals surface area contributed by atoms with Crippen LogP contribution in [0.4, 0.5) is 0 Å². The summed E-state index contributed by atoms with van der Waals surface area (Å²) in [4.78, 5) is 0. The molecular formula is C17H29ClN2. The van der Waals surface area contributed by atoms with E-state index in [0.29, 0.717) is 0 Å². The highest BCUT2D eigenvalue weighted by atomic mass is 35.5. The molecule has 0 aliphatic rings. The molecule has 0 bridgehead atoms. The smallest absolute Gasteiger partial charge is 0.0474 e. The highest BCUT2D eigenvalue weighted by Crippen LogP contribution is 2.27. The van der Waals surface area contributed by atoms with E-state index < -0.39 is 0 Å². The lowest BCUT2D eigenvalue weighted by atomic mass is 9.99. The van der Waals surface area contributed by atoms with Gasteiger partial charge in [-0.05, 0) is 30.5 Å². The second-order valence-electron chi connectivity index (χ2n) is 5.65. The predicted molar refractivity (Wildman–Crippen MR) is 88.9 cm³/mol. The van der Waals surface area contributed by atoms with E-state index in [4.69, 9.17) is 17.4 Å². The monoisotopic (exact) mass is 296 g/mol. The Morgan fingerprint density at radius 3 is 2.35 bits per heavy atom. The minimum atomic E-state index is 0.166. The minimum absolute atomic E-state index is 0.166. The highest BCUT2D eigenvalue weighted by molar-refractivity contribution is 6.31. The number of nitrogens with one attached hydrogen (secondary N) is 1. The van der Waals surface area contributed by atoms with Crippen LogP contribution in [0.3, 0.4) is 0 Å². The van der Waals surface area contributed by atoms with Crippen LogP contribution >= 0.6 is 11.6 Å². The molecule has 1 atom stereocenters. The number of hydrazine groups is 1. The van der Waals surface area contributed by atoms with Crippen LogP contribution in [0.5, 0.6) is 0 Å². The molecular weight excluding hydrogens is 268 g/mol. The summed E-state index contributed by atoms with van der Waals surface area (Å²) < 4.78 is 0. The molecule has 0 aliphatic carbocycles. The third-order valence-corrected chi connectivity index (χ3v) is 4.16. The molecule has 2 nitrogen and oxygen atoms in total. The maximum atomic E-state index is 6.30. The van der Waals surface area contributed by atoms with Gasteiger partial charge in [-0.2, -0.15) is 0 Å². The van der Waals surface area contributed by atoms with Crippen LogP contribution in [0.1, 0.15) is 75.5 Å². The zero-order chi connectivity index (χ0) is 14.8. The Balaban J connectivity index is 2.32.